The number of hydrogen-bond donors (Lipinski definition) is 0. The lowest BCUT2D eigenvalue weighted by molar-refractivity contribution is -0.276. The van der Waals surface area contributed by atoms with Gasteiger partial charge in [0.25, 0.3) is 0 Å². The number of halogens is 5. The fraction of sp³-hybridized carbons (Fsp3) is 0.704. The van der Waals surface area contributed by atoms with Gasteiger partial charge in [0.05, 0.1) is 0 Å². The Kier molecular flexibility index (Phi) is 9.63. The van der Waals surface area contributed by atoms with Crippen LogP contribution in [-0.4, -0.2) is 6.36 Å². The molecule has 1 aromatic rings. The van der Waals surface area contributed by atoms with Crippen LogP contribution < -0.4 is 4.74 Å². The van der Waals surface area contributed by atoms with Crippen LogP contribution in [-0.2, 0) is 6.42 Å². The number of rotatable bonds is 9. The Morgan fingerprint density at radius 1 is 0.848 bits per heavy atom. The summed E-state index contributed by atoms with van der Waals surface area (Å²) in [6.45, 7) is 2.08. The minimum Gasteiger partial charge on any atom is -0.399 e. The van der Waals surface area contributed by atoms with Gasteiger partial charge in [-0.25, -0.2) is 8.78 Å². The Bertz CT molecular complexity index is 733. The van der Waals surface area contributed by atoms with Crippen molar-refractivity contribution in [1.29, 1.82) is 0 Å². The number of hydrogen-bond acceptors (Lipinski definition) is 1. The highest BCUT2D eigenvalue weighted by molar-refractivity contribution is 5.31. The average molecular weight is 473 g/mol. The van der Waals surface area contributed by atoms with Gasteiger partial charge in [-0.1, -0.05) is 44.3 Å². The quantitative estimate of drug-likeness (QED) is 0.198. The SMILES string of the molecule is C/C=C/CCC[C@H]1CC[C@H]([C@H]2CC[C@H](CCc3cc(F)c(OC(F)(F)F)c(F)c3)CC2)CC1. The predicted octanol–water partition coefficient (Wildman–Crippen LogP) is 9.16. The van der Waals surface area contributed by atoms with Crippen molar-refractivity contribution in [2.75, 3.05) is 0 Å². The summed E-state index contributed by atoms with van der Waals surface area (Å²) in [4.78, 5) is 0. The lowest BCUT2D eigenvalue weighted by atomic mass is 9.68. The highest BCUT2D eigenvalue weighted by atomic mass is 19.4. The number of allylic oxidation sites excluding steroid dienone is 2. The molecule has 2 aliphatic rings. The molecule has 0 N–H and O–H groups in total. The third-order valence-corrected chi connectivity index (χ3v) is 7.79. The average Bonchev–Trinajstić information content (AvgIpc) is 2.78. The summed E-state index contributed by atoms with van der Waals surface area (Å²) >= 11 is 0. The summed E-state index contributed by atoms with van der Waals surface area (Å²) in [5, 5.41) is 0. The number of benzene rings is 1. The zero-order valence-electron chi connectivity index (χ0n) is 19.6. The molecule has 1 nitrogen and oxygen atoms in total. The third-order valence-electron chi connectivity index (χ3n) is 7.79. The molecular formula is C27H37F5O. The normalized spacial score (nSPS) is 26.6. The third kappa shape index (κ3) is 8.29. The largest absolute Gasteiger partial charge is 0.573 e. The van der Waals surface area contributed by atoms with Crippen LogP contribution >= 0.6 is 0 Å². The highest BCUT2D eigenvalue weighted by Crippen LogP contribution is 2.43. The summed E-state index contributed by atoms with van der Waals surface area (Å²) in [7, 11) is 0. The van der Waals surface area contributed by atoms with E-state index in [1.54, 1.807) is 0 Å². The zero-order chi connectivity index (χ0) is 23.8. The summed E-state index contributed by atoms with van der Waals surface area (Å²) in [6, 6.07) is 1.93. The lowest BCUT2D eigenvalue weighted by Crippen LogP contribution is -2.26. The summed E-state index contributed by atoms with van der Waals surface area (Å²) in [5.41, 5.74) is 0.384. The maximum Gasteiger partial charge on any atom is 0.573 e. The number of aryl methyl sites for hydroxylation is 1. The molecule has 0 aliphatic heterocycles. The number of ether oxygens (including phenoxy) is 1. The summed E-state index contributed by atoms with van der Waals surface area (Å²) in [6.07, 6.45) is 14.6. The molecule has 0 spiro atoms. The van der Waals surface area contributed by atoms with Crippen LogP contribution in [0.1, 0.15) is 89.5 Å². The Morgan fingerprint density at radius 3 is 1.85 bits per heavy atom. The molecule has 0 bridgehead atoms. The molecule has 0 saturated heterocycles. The van der Waals surface area contributed by atoms with Crippen LogP contribution in [0.2, 0.25) is 0 Å². The molecule has 2 fully saturated rings. The molecule has 0 unspecified atom stereocenters. The van der Waals surface area contributed by atoms with E-state index < -0.39 is 23.7 Å². The maximum atomic E-state index is 13.9. The van der Waals surface area contributed by atoms with Crippen molar-refractivity contribution >= 4 is 0 Å². The summed E-state index contributed by atoms with van der Waals surface area (Å²) < 4.78 is 68.2. The van der Waals surface area contributed by atoms with E-state index in [2.05, 4.69) is 23.8 Å². The van der Waals surface area contributed by atoms with Crippen LogP contribution in [0.15, 0.2) is 24.3 Å². The van der Waals surface area contributed by atoms with Crippen molar-refractivity contribution in [2.45, 2.75) is 96.8 Å². The van der Waals surface area contributed by atoms with Crippen molar-refractivity contribution in [1.82, 2.24) is 0 Å². The first-order valence-electron chi connectivity index (χ1n) is 12.6. The molecule has 0 atom stereocenters. The Balaban J connectivity index is 1.38. The Labute approximate surface area is 194 Å². The van der Waals surface area contributed by atoms with Gasteiger partial charge in [-0.05, 0) is 99.7 Å². The molecule has 0 amide bonds. The van der Waals surface area contributed by atoms with E-state index in [0.29, 0.717) is 17.9 Å². The molecular weight excluding hydrogens is 435 g/mol. The van der Waals surface area contributed by atoms with Gasteiger partial charge in [0, 0.05) is 0 Å². The molecule has 6 heteroatoms. The minimum atomic E-state index is -5.12. The molecule has 2 saturated carbocycles. The van der Waals surface area contributed by atoms with Gasteiger partial charge in [-0.2, -0.15) is 0 Å². The highest BCUT2D eigenvalue weighted by Gasteiger charge is 2.34. The van der Waals surface area contributed by atoms with E-state index in [-0.39, 0.29) is 0 Å². The first-order chi connectivity index (χ1) is 15.7. The number of alkyl halides is 3. The van der Waals surface area contributed by atoms with Crippen LogP contribution in [0.4, 0.5) is 22.0 Å². The molecule has 33 heavy (non-hydrogen) atoms. The zero-order valence-corrected chi connectivity index (χ0v) is 19.6. The maximum absolute atomic E-state index is 13.9. The van der Waals surface area contributed by atoms with Crippen LogP contribution in [0.25, 0.3) is 0 Å². The standard InChI is InChI=1S/C27H37F5O/c1-2-3-4-5-6-19-9-13-22(14-10-19)23-15-11-20(12-16-23)7-8-21-17-24(28)26(25(29)18-21)33-27(30,31)32/h2-3,17-20,22-23H,4-16H2,1H3/b3-2+/t19-,20-,22-,23-. The second kappa shape index (κ2) is 12.2. The molecule has 186 valence electrons. The van der Waals surface area contributed by atoms with Gasteiger partial charge in [-0.3, -0.25) is 0 Å². The Hall–Kier alpha value is -1.59. The van der Waals surface area contributed by atoms with E-state index in [1.807, 2.05) is 0 Å². The number of unbranched alkanes of at least 4 members (excludes halogenated alkanes) is 1. The van der Waals surface area contributed by atoms with Crippen molar-refractivity contribution < 1.29 is 26.7 Å². The van der Waals surface area contributed by atoms with Crippen LogP contribution in [0.5, 0.6) is 5.75 Å². The van der Waals surface area contributed by atoms with Crippen molar-refractivity contribution in [3.63, 3.8) is 0 Å². The summed E-state index contributed by atoms with van der Waals surface area (Å²) in [5.74, 6) is -0.912. The van der Waals surface area contributed by atoms with Crippen molar-refractivity contribution in [2.24, 2.45) is 23.7 Å². The van der Waals surface area contributed by atoms with Gasteiger partial charge in [-0.15, -0.1) is 13.2 Å². The topological polar surface area (TPSA) is 9.23 Å². The van der Waals surface area contributed by atoms with Crippen molar-refractivity contribution in [3.05, 3.63) is 41.5 Å². The first kappa shape index (κ1) is 26.0. The van der Waals surface area contributed by atoms with Gasteiger partial charge < -0.3 is 4.74 Å². The van der Waals surface area contributed by atoms with Crippen molar-refractivity contribution in [3.8, 4) is 5.75 Å². The predicted molar refractivity (Wildman–Crippen MR) is 121 cm³/mol. The van der Waals surface area contributed by atoms with Gasteiger partial charge in [0.2, 0.25) is 5.75 Å². The van der Waals surface area contributed by atoms with Gasteiger partial charge in [0.15, 0.2) is 11.6 Å². The second-order valence-corrected chi connectivity index (χ2v) is 10.0. The molecule has 0 aromatic heterocycles. The molecule has 1 aromatic carbocycles. The molecule has 2 aliphatic carbocycles. The fourth-order valence-corrected chi connectivity index (χ4v) is 5.93. The van der Waals surface area contributed by atoms with Gasteiger partial charge in [0.1, 0.15) is 0 Å². The smallest absolute Gasteiger partial charge is 0.399 e. The van der Waals surface area contributed by atoms with Crippen LogP contribution in [0.3, 0.4) is 0 Å². The monoisotopic (exact) mass is 472 g/mol. The fourth-order valence-electron chi connectivity index (χ4n) is 5.93. The first-order valence-corrected chi connectivity index (χ1v) is 12.6. The van der Waals surface area contributed by atoms with E-state index in [9.17, 15) is 22.0 Å². The molecule has 3 rings (SSSR count). The lowest BCUT2D eigenvalue weighted by Gasteiger charge is -2.38. The van der Waals surface area contributed by atoms with E-state index in [0.717, 1.165) is 49.1 Å². The molecule has 0 radical (unpaired) electrons. The minimum absolute atomic E-state index is 0.384. The van der Waals surface area contributed by atoms with E-state index >= 15 is 0 Å². The molecule has 0 heterocycles. The van der Waals surface area contributed by atoms with E-state index in [4.69, 9.17) is 0 Å². The van der Waals surface area contributed by atoms with Crippen LogP contribution in [0, 0.1) is 35.3 Å². The second-order valence-electron chi connectivity index (χ2n) is 10.0. The van der Waals surface area contributed by atoms with E-state index in [1.165, 1.54) is 57.8 Å². The Morgan fingerprint density at radius 2 is 1.36 bits per heavy atom. The van der Waals surface area contributed by atoms with Gasteiger partial charge >= 0.3 is 6.36 Å².